The number of carbonyl (C=O) groups excluding carboxylic acids is 2. The van der Waals surface area contributed by atoms with Gasteiger partial charge < -0.3 is 4.98 Å². The van der Waals surface area contributed by atoms with E-state index in [1.54, 1.807) is 6.20 Å². The molecule has 1 heterocycles. The Hall–Kier alpha value is -2.68. The van der Waals surface area contributed by atoms with Crippen LogP contribution in [-0.4, -0.2) is 16.6 Å². The van der Waals surface area contributed by atoms with Crippen LogP contribution in [0.5, 0.6) is 0 Å². The van der Waals surface area contributed by atoms with Crippen molar-refractivity contribution >= 4 is 22.5 Å². The number of hydrogen-bond acceptors (Lipinski definition) is 2. The van der Waals surface area contributed by atoms with E-state index in [1.807, 2.05) is 54.6 Å². The molecular formula is C17H13NO2. The fraction of sp³-hybridized carbons (Fsp3) is 0.0588. The summed E-state index contributed by atoms with van der Waals surface area (Å²) in [6.45, 7) is 0. The van der Waals surface area contributed by atoms with Crippen molar-refractivity contribution in [3.05, 3.63) is 71.9 Å². The Labute approximate surface area is 116 Å². The summed E-state index contributed by atoms with van der Waals surface area (Å²) >= 11 is 0. The van der Waals surface area contributed by atoms with Crippen molar-refractivity contribution in [2.75, 3.05) is 0 Å². The second-order valence-corrected chi connectivity index (χ2v) is 4.66. The monoisotopic (exact) mass is 263 g/mol. The standard InChI is InChI=1S/C17H13NO2/c19-16(10-12-6-2-1-3-7-12)17(20)14-11-18-15-9-5-4-8-13(14)15/h1-9,11,18H,10H2. The smallest absolute Gasteiger partial charge is 0.231 e. The molecule has 0 unspecified atom stereocenters. The molecule has 2 aromatic carbocycles. The van der Waals surface area contributed by atoms with Gasteiger partial charge >= 0.3 is 0 Å². The Balaban J connectivity index is 1.87. The number of hydrogen-bond donors (Lipinski definition) is 1. The molecule has 0 aliphatic rings. The van der Waals surface area contributed by atoms with E-state index in [9.17, 15) is 9.59 Å². The lowest BCUT2D eigenvalue weighted by Gasteiger charge is -2.00. The minimum absolute atomic E-state index is 0.138. The van der Waals surface area contributed by atoms with Crippen molar-refractivity contribution in [2.45, 2.75) is 6.42 Å². The van der Waals surface area contributed by atoms with Crippen LogP contribution in [-0.2, 0) is 11.2 Å². The molecule has 3 nitrogen and oxygen atoms in total. The molecule has 0 saturated carbocycles. The average molecular weight is 263 g/mol. The van der Waals surface area contributed by atoms with Gasteiger partial charge in [0.25, 0.3) is 0 Å². The number of carbonyl (C=O) groups is 2. The van der Waals surface area contributed by atoms with E-state index in [-0.39, 0.29) is 12.2 Å². The maximum absolute atomic E-state index is 12.3. The van der Waals surface area contributed by atoms with Crippen molar-refractivity contribution in [3.8, 4) is 0 Å². The number of Topliss-reactive ketones (excluding diaryl/α,β-unsaturated/α-hetero) is 2. The minimum atomic E-state index is -0.439. The highest BCUT2D eigenvalue weighted by Gasteiger charge is 2.19. The highest BCUT2D eigenvalue weighted by Crippen LogP contribution is 2.18. The fourth-order valence-electron chi connectivity index (χ4n) is 2.27. The van der Waals surface area contributed by atoms with Gasteiger partial charge in [-0.05, 0) is 11.6 Å². The highest BCUT2D eigenvalue weighted by molar-refractivity contribution is 6.46. The van der Waals surface area contributed by atoms with Crippen LogP contribution in [0.25, 0.3) is 10.9 Å². The van der Waals surface area contributed by atoms with Gasteiger partial charge in [-0.15, -0.1) is 0 Å². The van der Waals surface area contributed by atoms with Crippen LogP contribution >= 0.6 is 0 Å². The Bertz CT molecular complexity index is 772. The molecule has 20 heavy (non-hydrogen) atoms. The molecular weight excluding hydrogens is 250 g/mol. The van der Waals surface area contributed by atoms with Gasteiger partial charge in [0.2, 0.25) is 11.6 Å². The summed E-state index contributed by atoms with van der Waals surface area (Å²) < 4.78 is 0. The van der Waals surface area contributed by atoms with Gasteiger partial charge in [0.05, 0.1) is 5.56 Å². The van der Waals surface area contributed by atoms with E-state index in [4.69, 9.17) is 0 Å². The van der Waals surface area contributed by atoms with E-state index in [0.29, 0.717) is 5.56 Å². The van der Waals surface area contributed by atoms with Crippen LogP contribution in [0.1, 0.15) is 15.9 Å². The molecule has 0 fully saturated rings. The van der Waals surface area contributed by atoms with Gasteiger partial charge in [-0.1, -0.05) is 48.5 Å². The Kier molecular flexibility index (Phi) is 3.17. The van der Waals surface area contributed by atoms with Crippen LogP contribution in [0, 0.1) is 0 Å². The van der Waals surface area contributed by atoms with E-state index in [1.165, 1.54) is 0 Å². The molecule has 0 bridgehead atoms. The predicted molar refractivity (Wildman–Crippen MR) is 77.8 cm³/mol. The molecule has 3 heteroatoms. The van der Waals surface area contributed by atoms with E-state index < -0.39 is 5.78 Å². The lowest BCUT2D eigenvalue weighted by Crippen LogP contribution is -2.16. The van der Waals surface area contributed by atoms with Crippen LogP contribution in [0.4, 0.5) is 0 Å². The number of nitrogens with one attached hydrogen (secondary N) is 1. The first-order valence-electron chi connectivity index (χ1n) is 6.43. The number of fused-ring (bicyclic) bond motifs is 1. The molecule has 0 radical (unpaired) electrons. The number of H-pyrrole nitrogens is 1. The third kappa shape index (κ3) is 2.26. The summed E-state index contributed by atoms with van der Waals surface area (Å²) in [6, 6.07) is 16.8. The lowest BCUT2D eigenvalue weighted by molar-refractivity contribution is -0.114. The normalized spacial score (nSPS) is 10.6. The number of aromatic nitrogens is 1. The van der Waals surface area contributed by atoms with E-state index in [0.717, 1.165) is 16.5 Å². The van der Waals surface area contributed by atoms with Crippen LogP contribution < -0.4 is 0 Å². The van der Waals surface area contributed by atoms with Gasteiger partial charge in [-0.3, -0.25) is 9.59 Å². The minimum Gasteiger partial charge on any atom is -0.360 e. The zero-order chi connectivity index (χ0) is 13.9. The highest BCUT2D eigenvalue weighted by atomic mass is 16.2. The summed E-state index contributed by atoms with van der Waals surface area (Å²) in [5, 5.41) is 0.791. The van der Waals surface area contributed by atoms with Crippen molar-refractivity contribution in [1.29, 1.82) is 0 Å². The topological polar surface area (TPSA) is 49.9 Å². The van der Waals surface area contributed by atoms with Crippen molar-refractivity contribution in [1.82, 2.24) is 4.98 Å². The summed E-state index contributed by atoms with van der Waals surface area (Å²) in [4.78, 5) is 27.4. The fourth-order valence-corrected chi connectivity index (χ4v) is 2.27. The van der Waals surface area contributed by atoms with Crippen molar-refractivity contribution < 1.29 is 9.59 Å². The van der Waals surface area contributed by atoms with Gasteiger partial charge in [0.1, 0.15) is 0 Å². The first-order valence-corrected chi connectivity index (χ1v) is 6.43. The first kappa shape index (κ1) is 12.4. The van der Waals surface area contributed by atoms with Gasteiger partial charge in [0, 0.05) is 23.5 Å². The number of aromatic amines is 1. The molecule has 0 amide bonds. The zero-order valence-corrected chi connectivity index (χ0v) is 10.8. The third-order valence-electron chi connectivity index (χ3n) is 3.29. The maximum Gasteiger partial charge on any atom is 0.231 e. The number of ketones is 2. The molecule has 98 valence electrons. The second kappa shape index (κ2) is 5.13. The van der Waals surface area contributed by atoms with Crippen LogP contribution in [0.2, 0.25) is 0 Å². The second-order valence-electron chi connectivity index (χ2n) is 4.66. The van der Waals surface area contributed by atoms with Crippen molar-refractivity contribution in [2.24, 2.45) is 0 Å². The Morgan fingerprint density at radius 3 is 2.40 bits per heavy atom. The molecule has 0 saturated heterocycles. The summed E-state index contributed by atoms with van der Waals surface area (Å²) in [6.07, 6.45) is 1.75. The summed E-state index contributed by atoms with van der Waals surface area (Å²) in [5.41, 5.74) is 2.16. The molecule has 1 N–H and O–H groups in total. The number of rotatable bonds is 4. The lowest BCUT2D eigenvalue weighted by atomic mass is 10.0. The molecule has 0 atom stereocenters. The maximum atomic E-state index is 12.3. The summed E-state index contributed by atoms with van der Waals surface area (Å²) in [7, 11) is 0. The predicted octanol–water partition coefficient (Wildman–Crippen LogP) is 3.16. The first-order chi connectivity index (χ1) is 9.75. The zero-order valence-electron chi connectivity index (χ0n) is 10.8. The van der Waals surface area contributed by atoms with Crippen LogP contribution in [0.15, 0.2) is 60.8 Å². The molecule has 3 aromatic rings. The van der Waals surface area contributed by atoms with Crippen LogP contribution in [0.3, 0.4) is 0 Å². The molecule has 0 aliphatic heterocycles. The molecule has 0 aliphatic carbocycles. The Morgan fingerprint density at radius 2 is 1.60 bits per heavy atom. The largest absolute Gasteiger partial charge is 0.360 e. The average Bonchev–Trinajstić information content (AvgIpc) is 2.91. The molecule has 1 aromatic heterocycles. The summed E-state index contributed by atoms with van der Waals surface area (Å²) in [5.74, 6) is -0.827. The molecule has 0 spiro atoms. The van der Waals surface area contributed by atoms with E-state index >= 15 is 0 Å². The Morgan fingerprint density at radius 1 is 0.900 bits per heavy atom. The van der Waals surface area contributed by atoms with Crippen molar-refractivity contribution in [3.63, 3.8) is 0 Å². The SMILES string of the molecule is O=C(Cc1ccccc1)C(=O)c1c[nH]c2ccccc12. The van der Waals surface area contributed by atoms with E-state index in [2.05, 4.69) is 4.98 Å². The van der Waals surface area contributed by atoms with Gasteiger partial charge in [0.15, 0.2) is 0 Å². The van der Waals surface area contributed by atoms with Gasteiger partial charge in [-0.25, -0.2) is 0 Å². The molecule has 3 rings (SSSR count). The number of para-hydroxylation sites is 1. The third-order valence-corrected chi connectivity index (χ3v) is 3.29. The quantitative estimate of drug-likeness (QED) is 0.580. The number of benzene rings is 2. The van der Waals surface area contributed by atoms with Gasteiger partial charge in [-0.2, -0.15) is 0 Å².